The zero-order valence-corrected chi connectivity index (χ0v) is 24.0. The molecular weight excluding hydrogens is 539 g/mol. The molecule has 9 heteroatoms. The number of nitrogens with zero attached hydrogens (tertiary/aromatic N) is 3. The minimum atomic E-state index is -0.378. The Morgan fingerprint density at radius 1 is 1.05 bits per heavy atom. The van der Waals surface area contributed by atoms with Gasteiger partial charge in [0.05, 0.1) is 29.5 Å². The molecule has 1 N–H and O–H groups in total. The third-order valence-corrected chi connectivity index (χ3v) is 8.27. The van der Waals surface area contributed by atoms with Crippen LogP contribution in [-0.2, 0) is 9.59 Å². The summed E-state index contributed by atoms with van der Waals surface area (Å²) in [5.74, 6) is 0.508. The van der Waals surface area contributed by atoms with E-state index in [4.69, 9.17) is 9.84 Å². The first-order valence-corrected chi connectivity index (χ1v) is 14.8. The standard InChI is InChI=1S/C32H33FN4O3S/c1-3-4-10-19-34-27(38)20-36-28(39)21-41-31(25-13-8-9-14-26(25)40-2)29-30(22-11-6-5-7-12-22)35-37(32(29)36)24-17-15-23(33)16-18-24/h5-9,11-18,31H,3-4,10,19-21H2,1-2H3,(H,34,38). The van der Waals surface area contributed by atoms with Crippen LogP contribution in [0.1, 0.15) is 42.6 Å². The summed E-state index contributed by atoms with van der Waals surface area (Å²) < 4.78 is 21.4. The third-order valence-electron chi connectivity index (χ3n) is 7.03. The molecule has 4 aromatic rings. The van der Waals surface area contributed by atoms with Gasteiger partial charge < -0.3 is 10.1 Å². The van der Waals surface area contributed by atoms with Crippen molar-refractivity contribution in [1.29, 1.82) is 0 Å². The molecule has 0 bridgehead atoms. The van der Waals surface area contributed by atoms with Gasteiger partial charge >= 0.3 is 0 Å². The Morgan fingerprint density at radius 3 is 2.51 bits per heavy atom. The van der Waals surface area contributed by atoms with Crippen molar-refractivity contribution in [2.24, 2.45) is 0 Å². The zero-order chi connectivity index (χ0) is 28.8. The van der Waals surface area contributed by atoms with Crippen LogP contribution in [0.4, 0.5) is 10.2 Å². The highest BCUT2D eigenvalue weighted by molar-refractivity contribution is 8.00. The van der Waals surface area contributed by atoms with Crippen molar-refractivity contribution < 1.29 is 18.7 Å². The summed E-state index contributed by atoms with van der Waals surface area (Å²) >= 11 is 1.48. The summed E-state index contributed by atoms with van der Waals surface area (Å²) in [6, 6.07) is 23.5. The van der Waals surface area contributed by atoms with E-state index in [0.717, 1.165) is 36.0 Å². The molecule has 0 saturated heterocycles. The highest BCUT2D eigenvalue weighted by Crippen LogP contribution is 2.50. The number of carbonyl (C=O) groups is 2. The van der Waals surface area contributed by atoms with Gasteiger partial charge in [-0.3, -0.25) is 14.5 Å². The smallest absolute Gasteiger partial charge is 0.240 e. The lowest BCUT2D eigenvalue weighted by molar-refractivity contribution is -0.122. The third kappa shape index (κ3) is 6.15. The fourth-order valence-corrected chi connectivity index (χ4v) is 6.24. The average molecular weight is 573 g/mol. The Labute approximate surface area is 243 Å². The number of para-hydroxylation sites is 1. The number of rotatable bonds is 10. The van der Waals surface area contributed by atoms with Gasteiger partial charge in [0, 0.05) is 23.2 Å². The summed E-state index contributed by atoms with van der Waals surface area (Å²) in [6.45, 7) is 2.50. The van der Waals surface area contributed by atoms with E-state index in [9.17, 15) is 14.0 Å². The van der Waals surface area contributed by atoms with Gasteiger partial charge in [-0.15, -0.1) is 11.8 Å². The lowest BCUT2D eigenvalue weighted by Gasteiger charge is -2.23. The molecule has 7 nitrogen and oxygen atoms in total. The molecule has 1 unspecified atom stereocenters. The second-order valence-electron chi connectivity index (χ2n) is 9.81. The average Bonchev–Trinajstić information content (AvgIpc) is 3.33. The van der Waals surface area contributed by atoms with Crippen molar-refractivity contribution in [3.8, 4) is 22.7 Å². The molecular formula is C32H33FN4O3S. The van der Waals surface area contributed by atoms with Crippen LogP contribution in [0.5, 0.6) is 5.75 Å². The molecule has 1 atom stereocenters. The molecule has 3 aromatic carbocycles. The lowest BCUT2D eigenvalue weighted by atomic mass is 9.99. The molecule has 2 amide bonds. The predicted octanol–water partition coefficient (Wildman–Crippen LogP) is 6.16. The molecule has 1 aliphatic heterocycles. The van der Waals surface area contributed by atoms with Crippen LogP contribution in [-0.4, -0.2) is 47.5 Å². The Kier molecular flexibility index (Phi) is 9.04. The number of carbonyl (C=O) groups excluding carboxylic acids is 2. The number of amides is 2. The molecule has 41 heavy (non-hydrogen) atoms. The van der Waals surface area contributed by atoms with Crippen molar-refractivity contribution in [2.45, 2.75) is 31.4 Å². The van der Waals surface area contributed by atoms with Crippen LogP contribution in [0.2, 0.25) is 0 Å². The summed E-state index contributed by atoms with van der Waals surface area (Å²) in [5.41, 5.74) is 3.81. The number of hydrogen-bond acceptors (Lipinski definition) is 5. The van der Waals surface area contributed by atoms with E-state index in [1.54, 1.807) is 23.9 Å². The summed E-state index contributed by atoms with van der Waals surface area (Å²) in [5, 5.41) is 7.67. The number of hydrogen-bond donors (Lipinski definition) is 1. The largest absolute Gasteiger partial charge is 0.496 e. The number of unbranched alkanes of at least 4 members (excludes halogenated alkanes) is 2. The minimum absolute atomic E-state index is 0.151. The number of thioether (sulfide) groups is 1. The number of aromatic nitrogens is 2. The molecule has 0 spiro atoms. The summed E-state index contributed by atoms with van der Waals surface area (Å²) in [6.07, 6.45) is 2.94. The van der Waals surface area contributed by atoms with Crippen LogP contribution in [0.25, 0.3) is 16.9 Å². The Bertz CT molecular complexity index is 1510. The van der Waals surface area contributed by atoms with Crippen LogP contribution < -0.4 is 15.0 Å². The molecule has 2 heterocycles. The van der Waals surface area contributed by atoms with Crippen molar-refractivity contribution in [1.82, 2.24) is 15.1 Å². The van der Waals surface area contributed by atoms with Gasteiger partial charge in [-0.25, -0.2) is 9.07 Å². The van der Waals surface area contributed by atoms with Crippen LogP contribution >= 0.6 is 11.8 Å². The highest BCUT2D eigenvalue weighted by atomic mass is 32.2. The van der Waals surface area contributed by atoms with E-state index in [2.05, 4.69) is 12.2 Å². The molecule has 212 valence electrons. The van der Waals surface area contributed by atoms with Crippen molar-refractivity contribution in [2.75, 3.05) is 30.9 Å². The number of benzene rings is 3. The molecule has 0 fully saturated rings. The quantitative estimate of drug-likeness (QED) is 0.230. The van der Waals surface area contributed by atoms with Crippen molar-refractivity contribution in [3.05, 3.63) is 95.8 Å². The lowest BCUT2D eigenvalue weighted by Crippen LogP contribution is -2.42. The normalized spacial score (nSPS) is 14.9. The van der Waals surface area contributed by atoms with Crippen molar-refractivity contribution >= 4 is 29.4 Å². The van der Waals surface area contributed by atoms with Crippen LogP contribution in [0.3, 0.4) is 0 Å². The van der Waals surface area contributed by atoms with E-state index in [-0.39, 0.29) is 35.2 Å². The van der Waals surface area contributed by atoms with E-state index >= 15 is 0 Å². The van der Waals surface area contributed by atoms with E-state index in [1.165, 1.54) is 28.8 Å². The zero-order valence-electron chi connectivity index (χ0n) is 23.2. The SMILES string of the molecule is CCCCCNC(=O)CN1C(=O)CSC(c2ccccc2OC)c2c(-c3ccccc3)nn(-c3ccc(F)cc3)c21. The Balaban J connectivity index is 1.72. The first kappa shape index (κ1) is 28.4. The Morgan fingerprint density at radius 2 is 1.78 bits per heavy atom. The summed E-state index contributed by atoms with van der Waals surface area (Å²) in [7, 11) is 1.63. The van der Waals surface area contributed by atoms with Gasteiger partial charge in [-0.2, -0.15) is 5.10 Å². The number of nitrogens with one attached hydrogen (secondary N) is 1. The van der Waals surface area contributed by atoms with E-state index in [0.29, 0.717) is 29.5 Å². The number of anilines is 1. The first-order chi connectivity index (χ1) is 20.0. The molecule has 1 aromatic heterocycles. The van der Waals surface area contributed by atoms with Crippen LogP contribution in [0.15, 0.2) is 78.9 Å². The molecule has 0 saturated carbocycles. The molecule has 0 aliphatic carbocycles. The number of halogens is 1. The van der Waals surface area contributed by atoms with Gasteiger partial charge in [0.1, 0.15) is 23.9 Å². The highest BCUT2D eigenvalue weighted by Gasteiger charge is 2.38. The fourth-order valence-electron chi connectivity index (χ4n) is 5.02. The van der Waals surface area contributed by atoms with Crippen LogP contribution in [0, 0.1) is 5.82 Å². The van der Waals surface area contributed by atoms with E-state index in [1.807, 2.05) is 54.6 Å². The van der Waals surface area contributed by atoms with Gasteiger partial charge in [0.15, 0.2) is 0 Å². The van der Waals surface area contributed by atoms with Crippen molar-refractivity contribution in [3.63, 3.8) is 0 Å². The van der Waals surface area contributed by atoms with E-state index < -0.39 is 0 Å². The maximum atomic E-state index is 14.0. The van der Waals surface area contributed by atoms with Gasteiger partial charge in [0.25, 0.3) is 0 Å². The minimum Gasteiger partial charge on any atom is -0.496 e. The predicted molar refractivity (Wildman–Crippen MR) is 161 cm³/mol. The first-order valence-electron chi connectivity index (χ1n) is 13.8. The number of fused-ring (bicyclic) bond motifs is 1. The molecule has 1 aliphatic rings. The summed E-state index contributed by atoms with van der Waals surface area (Å²) in [4.78, 5) is 28.5. The maximum Gasteiger partial charge on any atom is 0.240 e. The Hall–Kier alpha value is -4.11. The van der Waals surface area contributed by atoms with Gasteiger partial charge in [-0.1, -0.05) is 68.3 Å². The number of ether oxygens (including phenoxy) is 1. The number of methoxy groups -OCH3 is 1. The molecule has 5 rings (SSSR count). The molecule has 0 radical (unpaired) electrons. The van der Waals surface area contributed by atoms with Gasteiger partial charge in [0.2, 0.25) is 11.8 Å². The van der Waals surface area contributed by atoms with Gasteiger partial charge in [-0.05, 0) is 36.8 Å². The maximum absolute atomic E-state index is 14.0. The second kappa shape index (κ2) is 13.0. The topological polar surface area (TPSA) is 76.5 Å². The fraction of sp³-hybridized carbons (Fsp3) is 0.281. The second-order valence-corrected chi connectivity index (χ2v) is 10.9. The monoisotopic (exact) mass is 572 g/mol.